The SMILES string of the molecule is Cn1nc(N2CCCCC2CNc2ccncn2)ccc1=O. The number of rotatable bonds is 4. The van der Waals surface area contributed by atoms with Gasteiger partial charge < -0.3 is 10.2 Å². The molecule has 1 N–H and O–H groups in total. The van der Waals surface area contributed by atoms with Crippen LogP contribution in [0.1, 0.15) is 19.3 Å². The van der Waals surface area contributed by atoms with E-state index in [4.69, 9.17) is 0 Å². The Balaban J connectivity index is 1.73. The van der Waals surface area contributed by atoms with Gasteiger partial charge >= 0.3 is 0 Å². The van der Waals surface area contributed by atoms with E-state index in [9.17, 15) is 4.79 Å². The molecule has 1 aliphatic heterocycles. The molecular formula is C15H20N6O. The van der Waals surface area contributed by atoms with Gasteiger partial charge in [0.2, 0.25) is 0 Å². The zero-order valence-corrected chi connectivity index (χ0v) is 12.6. The van der Waals surface area contributed by atoms with Crippen molar-refractivity contribution in [2.45, 2.75) is 25.3 Å². The first-order chi connectivity index (χ1) is 10.7. The Labute approximate surface area is 129 Å². The van der Waals surface area contributed by atoms with E-state index in [1.54, 1.807) is 19.3 Å². The smallest absolute Gasteiger partial charge is 0.266 e. The average Bonchev–Trinajstić information content (AvgIpc) is 2.57. The lowest BCUT2D eigenvalue weighted by Gasteiger charge is -2.36. The second-order valence-electron chi connectivity index (χ2n) is 5.47. The zero-order valence-electron chi connectivity index (χ0n) is 12.6. The molecule has 1 fully saturated rings. The van der Waals surface area contributed by atoms with Crippen molar-refractivity contribution >= 4 is 11.6 Å². The van der Waals surface area contributed by atoms with Crippen molar-refractivity contribution in [3.63, 3.8) is 0 Å². The number of aryl methyl sites for hydroxylation is 1. The minimum absolute atomic E-state index is 0.0866. The molecule has 116 valence electrons. The molecule has 1 saturated heterocycles. The van der Waals surface area contributed by atoms with Gasteiger partial charge in [-0.2, -0.15) is 5.10 Å². The highest BCUT2D eigenvalue weighted by molar-refractivity contribution is 5.40. The second kappa shape index (κ2) is 6.55. The van der Waals surface area contributed by atoms with Crippen LogP contribution in [0.4, 0.5) is 11.6 Å². The molecule has 0 saturated carbocycles. The Hall–Kier alpha value is -2.44. The number of nitrogens with one attached hydrogen (secondary N) is 1. The maximum Gasteiger partial charge on any atom is 0.266 e. The fourth-order valence-corrected chi connectivity index (χ4v) is 2.78. The highest BCUT2D eigenvalue weighted by atomic mass is 16.1. The number of aromatic nitrogens is 4. The van der Waals surface area contributed by atoms with Crippen molar-refractivity contribution < 1.29 is 0 Å². The lowest BCUT2D eigenvalue weighted by atomic mass is 10.0. The van der Waals surface area contributed by atoms with E-state index in [1.165, 1.54) is 17.4 Å². The summed E-state index contributed by atoms with van der Waals surface area (Å²) >= 11 is 0. The fourth-order valence-electron chi connectivity index (χ4n) is 2.78. The fraction of sp³-hybridized carbons (Fsp3) is 0.467. The summed E-state index contributed by atoms with van der Waals surface area (Å²) < 4.78 is 1.39. The van der Waals surface area contributed by atoms with Gasteiger partial charge in [0, 0.05) is 38.4 Å². The zero-order chi connectivity index (χ0) is 15.4. The third kappa shape index (κ3) is 3.24. The molecule has 7 nitrogen and oxygen atoms in total. The minimum Gasteiger partial charge on any atom is -0.368 e. The van der Waals surface area contributed by atoms with Crippen molar-refractivity contribution in [3.8, 4) is 0 Å². The van der Waals surface area contributed by atoms with Gasteiger partial charge in [0.1, 0.15) is 18.0 Å². The predicted octanol–water partition coefficient (Wildman–Crippen LogP) is 1.04. The van der Waals surface area contributed by atoms with Gasteiger partial charge in [0.25, 0.3) is 5.56 Å². The molecule has 3 heterocycles. The molecule has 1 unspecified atom stereocenters. The van der Waals surface area contributed by atoms with Gasteiger partial charge in [-0.15, -0.1) is 0 Å². The van der Waals surface area contributed by atoms with Gasteiger partial charge in [-0.1, -0.05) is 0 Å². The van der Waals surface area contributed by atoms with Gasteiger partial charge in [-0.05, 0) is 31.4 Å². The highest BCUT2D eigenvalue weighted by Gasteiger charge is 2.23. The summed E-state index contributed by atoms with van der Waals surface area (Å²) in [4.78, 5) is 21.9. The first-order valence-electron chi connectivity index (χ1n) is 7.55. The van der Waals surface area contributed by atoms with E-state index in [0.29, 0.717) is 6.04 Å². The summed E-state index contributed by atoms with van der Waals surface area (Å²) in [6.45, 7) is 1.75. The van der Waals surface area contributed by atoms with Crippen molar-refractivity contribution in [1.29, 1.82) is 0 Å². The molecule has 1 aliphatic rings. The summed E-state index contributed by atoms with van der Waals surface area (Å²) in [5, 5.41) is 7.73. The van der Waals surface area contributed by atoms with Crippen molar-refractivity contribution in [2.24, 2.45) is 7.05 Å². The van der Waals surface area contributed by atoms with E-state index in [-0.39, 0.29) is 5.56 Å². The molecule has 7 heteroatoms. The van der Waals surface area contributed by atoms with Gasteiger partial charge in [-0.3, -0.25) is 4.79 Å². The molecule has 3 rings (SSSR count). The molecule has 0 spiro atoms. The van der Waals surface area contributed by atoms with Gasteiger partial charge in [-0.25, -0.2) is 14.6 Å². The number of piperidine rings is 1. The van der Waals surface area contributed by atoms with Crippen molar-refractivity contribution in [2.75, 3.05) is 23.3 Å². The molecule has 2 aromatic rings. The van der Waals surface area contributed by atoms with Crippen LogP contribution < -0.4 is 15.8 Å². The molecule has 0 bridgehead atoms. The molecule has 1 atom stereocenters. The molecule has 0 amide bonds. The van der Waals surface area contributed by atoms with Gasteiger partial charge in [0.15, 0.2) is 0 Å². The summed E-state index contributed by atoms with van der Waals surface area (Å²) in [6, 6.07) is 5.59. The first-order valence-corrected chi connectivity index (χ1v) is 7.55. The first kappa shape index (κ1) is 14.5. The average molecular weight is 300 g/mol. The van der Waals surface area contributed by atoms with Crippen LogP contribution in [0, 0.1) is 0 Å². The lowest BCUT2D eigenvalue weighted by Crippen LogP contribution is -2.45. The number of nitrogens with zero attached hydrogens (tertiary/aromatic N) is 5. The maximum absolute atomic E-state index is 11.5. The summed E-state index contributed by atoms with van der Waals surface area (Å²) in [5.41, 5.74) is -0.0866. The number of hydrogen-bond acceptors (Lipinski definition) is 6. The van der Waals surface area contributed by atoms with E-state index in [1.807, 2.05) is 12.1 Å². The van der Waals surface area contributed by atoms with Crippen LogP contribution in [-0.4, -0.2) is 38.9 Å². The standard InChI is InChI=1S/C15H20N6O/c1-20-15(22)6-5-14(19-20)21-9-3-2-4-12(21)10-17-13-7-8-16-11-18-13/h5-8,11-12H,2-4,9-10H2,1H3,(H,16,17,18). The van der Waals surface area contributed by atoms with Crippen LogP contribution in [0.2, 0.25) is 0 Å². The van der Waals surface area contributed by atoms with Crippen LogP contribution in [0.3, 0.4) is 0 Å². The van der Waals surface area contributed by atoms with Crippen LogP contribution in [0.15, 0.2) is 35.5 Å². The monoisotopic (exact) mass is 300 g/mol. The van der Waals surface area contributed by atoms with Crippen molar-refractivity contribution in [1.82, 2.24) is 19.7 Å². The third-order valence-corrected chi connectivity index (χ3v) is 3.97. The van der Waals surface area contributed by atoms with Crippen LogP contribution >= 0.6 is 0 Å². The van der Waals surface area contributed by atoms with Crippen molar-refractivity contribution in [3.05, 3.63) is 41.1 Å². The summed E-state index contributed by atoms with van der Waals surface area (Å²) in [7, 11) is 1.68. The molecule has 22 heavy (non-hydrogen) atoms. The van der Waals surface area contributed by atoms with Crippen LogP contribution in [0.5, 0.6) is 0 Å². The number of hydrogen-bond donors (Lipinski definition) is 1. The molecule has 0 aliphatic carbocycles. The van der Waals surface area contributed by atoms with Crippen LogP contribution in [-0.2, 0) is 7.05 Å². The number of anilines is 2. The predicted molar refractivity (Wildman–Crippen MR) is 85.0 cm³/mol. The highest BCUT2D eigenvalue weighted by Crippen LogP contribution is 2.22. The second-order valence-corrected chi connectivity index (χ2v) is 5.47. The largest absolute Gasteiger partial charge is 0.368 e. The van der Waals surface area contributed by atoms with E-state index in [0.717, 1.165) is 37.6 Å². The van der Waals surface area contributed by atoms with E-state index >= 15 is 0 Å². The molecule has 2 aromatic heterocycles. The summed E-state index contributed by atoms with van der Waals surface area (Å²) in [6.07, 6.45) is 6.72. The topological polar surface area (TPSA) is 75.9 Å². The maximum atomic E-state index is 11.5. The van der Waals surface area contributed by atoms with Gasteiger partial charge in [0.05, 0.1) is 0 Å². The Kier molecular flexibility index (Phi) is 4.32. The lowest BCUT2D eigenvalue weighted by molar-refractivity contribution is 0.464. The Morgan fingerprint density at radius 1 is 1.32 bits per heavy atom. The summed E-state index contributed by atoms with van der Waals surface area (Å²) in [5.74, 6) is 1.69. The Morgan fingerprint density at radius 3 is 3.00 bits per heavy atom. The molecule has 0 radical (unpaired) electrons. The quantitative estimate of drug-likeness (QED) is 0.909. The molecule has 0 aromatic carbocycles. The van der Waals surface area contributed by atoms with Crippen LogP contribution in [0.25, 0.3) is 0 Å². The Bertz CT molecular complexity index is 671. The molecular weight excluding hydrogens is 280 g/mol. The Morgan fingerprint density at radius 2 is 2.23 bits per heavy atom. The van der Waals surface area contributed by atoms with E-state index < -0.39 is 0 Å². The minimum atomic E-state index is -0.0866. The van der Waals surface area contributed by atoms with E-state index in [2.05, 4.69) is 25.3 Å². The normalized spacial score (nSPS) is 18.2. The third-order valence-electron chi connectivity index (χ3n) is 3.97.